The van der Waals surface area contributed by atoms with E-state index in [1.54, 1.807) is 11.3 Å². The maximum atomic E-state index is 4.72. The summed E-state index contributed by atoms with van der Waals surface area (Å²) >= 11 is 5.32. The van der Waals surface area contributed by atoms with Crippen molar-refractivity contribution in [2.45, 2.75) is 33.7 Å². The monoisotopic (exact) mass is 338 g/mol. The predicted octanol–water partition coefficient (Wildman–Crippen LogP) is 4.86. The van der Waals surface area contributed by atoms with Gasteiger partial charge in [0.05, 0.1) is 5.69 Å². The summed E-state index contributed by atoms with van der Waals surface area (Å²) in [6.45, 7) is 9.50. The average Bonchev–Trinajstić information content (AvgIpc) is 2.75. The van der Waals surface area contributed by atoms with Crippen molar-refractivity contribution in [1.29, 1.82) is 0 Å². The fraction of sp³-hybridized carbons (Fsp3) is 0.400. The summed E-state index contributed by atoms with van der Waals surface area (Å²) in [4.78, 5) is 6.05. The molecule has 0 aliphatic carbocycles. The lowest BCUT2D eigenvalue weighted by atomic mass is 10.1. The maximum absolute atomic E-state index is 4.72. The molecule has 1 heterocycles. The van der Waals surface area contributed by atoms with Crippen molar-refractivity contribution in [3.8, 4) is 10.6 Å². The molecule has 1 unspecified atom stereocenters. The van der Waals surface area contributed by atoms with Crippen LogP contribution in [-0.2, 0) is 0 Å². The summed E-state index contributed by atoms with van der Waals surface area (Å²) in [5.74, 6) is 0. The number of hydrogen-bond acceptors (Lipinski definition) is 3. The Morgan fingerprint density at radius 3 is 2.74 bits per heavy atom. The van der Waals surface area contributed by atoms with Crippen LogP contribution in [0.4, 0.5) is 0 Å². The third-order valence-electron chi connectivity index (χ3n) is 3.14. The summed E-state index contributed by atoms with van der Waals surface area (Å²) in [5.41, 5.74) is 3.57. The number of rotatable bonds is 4. The van der Waals surface area contributed by atoms with Crippen molar-refractivity contribution in [3.05, 3.63) is 38.8 Å². The van der Waals surface area contributed by atoms with Crippen LogP contribution in [0.1, 0.15) is 36.0 Å². The number of nitrogens with one attached hydrogen (secondary N) is 1. The van der Waals surface area contributed by atoms with Gasteiger partial charge in [-0.15, -0.1) is 11.3 Å². The van der Waals surface area contributed by atoms with Gasteiger partial charge < -0.3 is 5.32 Å². The Labute approximate surface area is 127 Å². The molecule has 102 valence electrons. The van der Waals surface area contributed by atoms with E-state index in [-0.39, 0.29) is 0 Å². The van der Waals surface area contributed by atoms with E-state index < -0.39 is 0 Å². The first-order chi connectivity index (χ1) is 9.02. The molecule has 1 N–H and O–H groups in total. The number of nitrogens with zero attached hydrogens (tertiary/aromatic N) is 1. The number of aryl methyl sites for hydroxylation is 2. The molecule has 1 aromatic heterocycles. The van der Waals surface area contributed by atoms with Crippen molar-refractivity contribution in [2.24, 2.45) is 0 Å². The normalized spacial score (nSPS) is 12.7. The molecule has 0 aliphatic rings. The van der Waals surface area contributed by atoms with Gasteiger partial charge in [-0.3, -0.25) is 0 Å². The molecule has 0 radical (unpaired) electrons. The number of thiazole rings is 1. The second kappa shape index (κ2) is 6.16. The molecule has 2 nitrogen and oxygen atoms in total. The highest BCUT2D eigenvalue weighted by Crippen LogP contribution is 2.33. The molecule has 0 spiro atoms. The van der Waals surface area contributed by atoms with Crippen molar-refractivity contribution in [1.82, 2.24) is 10.3 Å². The number of benzene rings is 1. The highest BCUT2D eigenvalue weighted by Gasteiger charge is 2.14. The van der Waals surface area contributed by atoms with Crippen molar-refractivity contribution >= 4 is 27.3 Å². The van der Waals surface area contributed by atoms with Gasteiger partial charge in [0.2, 0.25) is 0 Å². The van der Waals surface area contributed by atoms with E-state index in [9.17, 15) is 0 Å². The van der Waals surface area contributed by atoms with Crippen molar-refractivity contribution < 1.29 is 0 Å². The van der Waals surface area contributed by atoms with Crippen LogP contribution in [0.15, 0.2) is 22.7 Å². The first kappa shape index (κ1) is 14.7. The fourth-order valence-corrected chi connectivity index (χ4v) is 3.45. The van der Waals surface area contributed by atoms with Gasteiger partial charge in [-0.1, -0.05) is 28.9 Å². The molecule has 2 aromatic rings. The van der Waals surface area contributed by atoms with Gasteiger partial charge in [0, 0.05) is 21.0 Å². The second-order valence-corrected chi connectivity index (χ2v) is 6.60. The van der Waals surface area contributed by atoms with Gasteiger partial charge in [-0.2, -0.15) is 0 Å². The summed E-state index contributed by atoms with van der Waals surface area (Å²) in [5, 5.41) is 4.56. The van der Waals surface area contributed by atoms with E-state index in [2.05, 4.69) is 67.1 Å². The van der Waals surface area contributed by atoms with Gasteiger partial charge in [-0.05, 0) is 45.0 Å². The Hall–Kier alpha value is -0.710. The third-order valence-corrected chi connectivity index (χ3v) is 5.42. The molecule has 2 rings (SSSR count). The highest BCUT2D eigenvalue weighted by molar-refractivity contribution is 9.10. The van der Waals surface area contributed by atoms with Crippen LogP contribution in [0.2, 0.25) is 0 Å². The maximum Gasteiger partial charge on any atom is 0.123 e. The van der Waals surface area contributed by atoms with Gasteiger partial charge in [0.15, 0.2) is 0 Å². The van der Waals surface area contributed by atoms with Crippen LogP contribution >= 0.6 is 27.3 Å². The smallest absolute Gasteiger partial charge is 0.123 e. The SMILES string of the molecule is CCNC(C)c1sc(-c2ccc(Br)c(C)c2)nc1C. The molecule has 4 heteroatoms. The molecular formula is C15H19BrN2S. The quantitative estimate of drug-likeness (QED) is 0.860. The Morgan fingerprint density at radius 1 is 1.37 bits per heavy atom. The van der Waals surface area contributed by atoms with Gasteiger partial charge in [0.1, 0.15) is 5.01 Å². The first-order valence-corrected chi connectivity index (χ1v) is 8.11. The molecule has 0 amide bonds. The molecule has 19 heavy (non-hydrogen) atoms. The Balaban J connectivity index is 2.36. The van der Waals surface area contributed by atoms with Gasteiger partial charge >= 0.3 is 0 Å². The minimum atomic E-state index is 0.368. The van der Waals surface area contributed by atoms with E-state index in [1.807, 2.05) is 0 Å². The third kappa shape index (κ3) is 3.25. The molecule has 0 saturated heterocycles. The van der Waals surface area contributed by atoms with Crippen LogP contribution in [-0.4, -0.2) is 11.5 Å². The van der Waals surface area contributed by atoms with Crippen LogP contribution in [0.3, 0.4) is 0 Å². The molecule has 0 saturated carbocycles. The zero-order valence-corrected chi connectivity index (χ0v) is 14.2. The van der Waals surface area contributed by atoms with Crippen LogP contribution in [0.5, 0.6) is 0 Å². The Morgan fingerprint density at radius 2 is 2.11 bits per heavy atom. The fourth-order valence-electron chi connectivity index (χ4n) is 2.11. The number of hydrogen-bond donors (Lipinski definition) is 1. The molecule has 1 aromatic carbocycles. The minimum Gasteiger partial charge on any atom is -0.310 e. The zero-order valence-electron chi connectivity index (χ0n) is 11.7. The first-order valence-electron chi connectivity index (χ1n) is 6.50. The summed E-state index contributed by atoms with van der Waals surface area (Å²) < 4.78 is 1.14. The van der Waals surface area contributed by atoms with Gasteiger partial charge in [-0.25, -0.2) is 4.98 Å². The zero-order chi connectivity index (χ0) is 14.0. The molecular weight excluding hydrogens is 320 g/mol. The Bertz CT molecular complexity index is 578. The standard InChI is InChI=1S/C15H19BrN2S/c1-5-17-10(3)14-11(4)18-15(19-14)12-6-7-13(16)9(2)8-12/h6-8,10,17H,5H2,1-4H3. The summed E-state index contributed by atoms with van der Waals surface area (Å²) in [6.07, 6.45) is 0. The van der Waals surface area contributed by atoms with E-state index >= 15 is 0 Å². The van der Waals surface area contributed by atoms with E-state index in [4.69, 9.17) is 4.98 Å². The average molecular weight is 339 g/mol. The van der Waals surface area contributed by atoms with E-state index in [0.717, 1.165) is 21.7 Å². The number of aromatic nitrogens is 1. The van der Waals surface area contributed by atoms with Crippen LogP contribution < -0.4 is 5.32 Å². The predicted molar refractivity (Wildman–Crippen MR) is 86.8 cm³/mol. The lowest BCUT2D eigenvalue weighted by Gasteiger charge is -2.09. The van der Waals surface area contributed by atoms with E-state index in [0.29, 0.717) is 6.04 Å². The summed E-state index contributed by atoms with van der Waals surface area (Å²) in [6, 6.07) is 6.77. The Kier molecular flexibility index (Phi) is 4.76. The second-order valence-electron chi connectivity index (χ2n) is 4.71. The topological polar surface area (TPSA) is 24.9 Å². The molecule has 1 atom stereocenters. The van der Waals surface area contributed by atoms with Crippen molar-refractivity contribution in [2.75, 3.05) is 6.54 Å². The number of halogens is 1. The summed E-state index contributed by atoms with van der Waals surface area (Å²) in [7, 11) is 0. The lowest BCUT2D eigenvalue weighted by Crippen LogP contribution is -2.17. The minimum absolute atomic E-state index is 0.368. The lowest BCUT2D eigenvalue weighted by molar-refractivity contribution is 0.603. The van der Waals surface area contributed by atoms with Crippen LogP contribution in [0, 0.1) is 13.8 Å². The molecule has 0 aliphatic heterocycles. The molecule has 0 fully saturated rings. The van der Waals surface area contributed by atoms with Crippen LogP contribution in [0.25, 0.3) is 10.6 Å². The van der Waals surface area contributed by atoms with Crippen molar-refractivity contribution in [3.63, 3.8) is 0 Å². The largest absolute Gasteiger partial charge is 0.310 e. The highest BCUT2D eigenvalue weighted by atomic mass is 79.9. The van der Waals surface area contributed by atoms with Gasteiger partial charge in [0.25, 0.3) is 0 Å². The van der Waals surface area contributed by atoms with E-state index in [1.165, 1.54) is 16.0 Å². The molecule has 0 bridgehead atoms.